The highest BCUT2D eigenvalue weighted by molar-refractivity contribution is 9.11. The van der Waals surface area contributed by atoms with Crippen LogP contribution in [0, 0.1) is 13.8 Å². The number of hydrogen-bond donors (Lipinski definition) is 1. The molecule has 0 atom stereocenters. The maximum Gasteiger partial charge on any atom is 0.256 e. The topological polar surface area (TPSA) is 29.1 Å². The van der Waals surface area contributed by atoms with Crippen LogP contribution in [0.2, 0.25) is 0 Å². The molecule has 0 spiro atoms. The Bertz CT molecular complexity index is 638. The van der Waals surface area contributed by atoms with Gasteiger partial charge in [-0.1, -0.05) is 12.1 Å². The van der Waals surface area contributed by atoms with Crippen LogP contribution >= 0.6 is 31.9 Å². The zero-order chi connectivity index (χ0) is 14.0. The number of halogens is 2. The fourth-order valence-corrected chi connectivity index (χ4v) is 2.75. The molecule has 0 saturated carbocycles. The average Bonchev–Trinajstić information content (AvgIpc) is 2.33. The largest absolute Gasteiger partial charge is 0.321 e. The Kier molecular flexibility index (Phi) is 4.42. The van der Waals surface area contributed by atoms with Crippen LogP contribution < -0.4 is 5.32 Å². The highest BCUT2D eigenvalue weighted by atomic mass is 79.9. The van der Waals surface area contributed by atoms with Crippen molar-refractivity contribution in [2.75, 3.05) is 5.32 Å². The van der Waals surface area contributed by atoms with Crippen molar-refractivity contribution < 1.29 is 4.79 Å². The number of nitrogens with one attached hydrogen (secondary N) is 1. The van der Waals surface area contributed by atoms with E-state index in [4.69, 9.17) is 0 Å². The fourth-order valence-electron chi connectivity index (χ4n) is 1.73. The first-order valence-electron chi connectivity index (χ1n) is 5.81. The number of carbonyl (C=O) groups is 1. The molecule has 19 heavy (non-hydrogen) atoms. The van der Waals surface area contributed by atoms with E-state index in [2.05, 4.69) is 37.2 Å². The summed E-state index contributed by atoms with van der Waals surface area (Å²) in [5.41, 5.74) is 3.61. The van der Waals surface area contributed by atoms with E-state index in [1.807, 2.05) is 50.2 Å². The summed E-state index contributed by atoms with van der Waals surface area (Å²) in [6.45, 7) is 3.98. The summed E-state index contributed by atoms with van der Waals surface area (Å²) in [7, 11) is 0. The van der Waals surface area contributed by atoms with Gasteiger partial charge in [0.2, 0.25) is 0 Å². The Morgan fingerprint density at radius 1 is 0.947 bits per heavy atom. The number of amides is 1. The Labute approximate surface area is 129 Å². The van der Waals surface area contributed by atoms with Gasteiger partial charge in [0.15, 0.2) is 0 Å². The second-order valence-electron chi connectivity index (χ2n) is 4.42. The molecule has 0 radical (unpaired) electrons. The van der Waals surface area contributed by atoms with Crippen molar-refractivity contribution in [1.82, 2.24) is 0 Å². The summed E-state index contributed by atoms with van der Waals surface area (Å²) in [5, 5.41) is 2.91. The summed E-state index contributed by atoms with van der Waals surface area (Å²) in [6, 6.07) is 11.5. The second-order valence-corrected chi connectivity index (χ2v) is 6.13. The van der Waals surface area contributed by atoms with Crippen molar-refractivity contribution in [1.29, 1.82) is 0 Å². The van der Waals surface area contributed by atoms with Gasteiger partial charge < -0.3 is 5.32 Å². The molecule has 0 fully saturated rings. The molecule has 1 N–H and O–H groups in total. The molecule has 0 aromatic heterocycles. The Morgan fingerprint density at radius 3 is 2.26 bits per heavy atom. The van der Waals surface area contributed by atoms with E-state index in [0.29, 0.717) is 5.56 Å². The van der Waals surface area contributed by atoms with Gasteiger partial charge in [0.1, 0.15) is 0 Å². The van der Waals surface area contributed by atoms with Gasteiger partial charge in [0.25, 0.3) is 5.91 Å². The maximum absolute atomic E-state index is 12.2. The number of anilines is 1. The first-order chi connectivity index (χ1) is 8.97. The highest BCUT2D eigenvalue weighted by Crippen LogP contribution is 2.25. The second kappa shape index (κ2) is 5.88. The Morgan fingerprint density at radius 2 is 1.58 bits per heavy atom. The van der Waals surface area contributed by atoms with E-state index in [1.165, 1.54) is 0 Å². The smallest absolute Gasteiger partial charge is 0.256 e. The summed E-state index contributed by atoms with van der Waals surface area (Å²) in [4.78, 5) is 12.2. The first-order valence-corrected chi connectivity index (χ1v) is 7.39. The third-order valence-electron chi connectivity index (χ3n) is 2.74. The van der Waals surface area contributed by atoms with Crippen LogP contribution in [0.3, 0.4) is 0 Å². The molecule has 0 saturated heterocycles. The first kappa shape index (κ1) is 14.3. The van der Waals surface area contributed by atoms with E-state index in [-0.39, 0.29) is 5.91 Å². The lowest BCUT2D eigenvalue weighted by Gasteiger charge is -2.10. The standard InChI is InChI=1S/C15H13Br2NO/c1-9-3-5-11(13(17)7-9)15(19)18-14-8-10(2)4-6-12(14)16/h3-8H,1-2H3,(H,18,19). The lowest BCUT2D eigenvalue weighted by atomic mass is 10.1. The normalized spacial score (nSPS) is 10.3. The highest BCUT2D eigenvalue weighted by Gasteiger charge is 2.11. The zero-order valence-electron chi connectivity index (χ0n) is 10.6. The quantitative estimate of drug-likeness (QED) is 0.770. The molecular formula is C15H13Br2NO. The van der Waals surface area contributed by atoms with E-state index >= 15 is 0 Å². The summed E-state index contributed by atoms with van der Waals surface area (Å²) in [5.74, 6) is -0.127. The van der Waals surface area contributed by atoms with Crippen LogP contribution in [0.15, 0.2) is 45.3 Å². The molecule has 0 aliphatic heterocycles. The van der Waals surface area contributed by atoms with Crippen molar-refractivity contribution in [2.24, 2.45) is 0 Å². The van der Waals surface area contributed by atoms with Crippen molar-refractivity contribution in [3.8, 4) is 0 Å². The van der Waals surface area contributed by atoms with Gasteiger partial charge in [0.05, 0.1) is 11.3 Å². The predicted molar refractivity (Wildman–Crippen MR) is 85.7 cm³/mol. The van der Waals surface area contributed by atoms with Crippen LogP contribution in [-0.4, -0.2) is 5.91 Å². The minimum Gasteiger partial charge on any atom is -0.321 e. The molecule has 0 unspecified atom stereocenters. The van der Waals surface area contributed by atoms with E-state index in [0.717, 1.165) is 25.8 Å². The van der Waals surface area contributed by atoms with Crippen molar-refractivity contribution in [3.63, 3.8) is 0 Å². The monoisotopic (exact) mass is 381 g/mol. The van der Waals surface area contributed by atoms with Crippen molar-refractivity contribution in [2.45, 2.75) is 13.8 Å². The molecule has 2 aromatic carbocycles. The van der Waals surface area contributed by atoms with Gasteiger partial charge in [-0.05, 0) is 81.1 Å². The molecule has 2 aromatic rings. The molecule has 4 heteroatoms. The molecular weight excluding hydrogens is 370 g/mol. The SMILES string of the molecule is Cc1ccc(C(=O)Nc2cc(C)ccc2Br)c(Br)c1. The molecule has 1 amide bonds. The summed E-state index contributed by atoms with van der Waals surface area (Å²) in [6.07, 6.45) is 0. The van der Waals surface area contributed by atoms with Gasteiger partial charge in [-0.2, -0.15) is 0 Å². The lowest BCUT2D eigenvalue weighted by molar-refractivity contribution is 0.102. The molecule has 2 rings (SSSR count). The number of benzene rings is 2. The van der Waals surface area contributed by atoms with Crippen LogP contribution in [-0.2, 0) is 0 Å². The lowest BCUT2D eigenvalue weighted by Crippen LogP contribution is -2.13. The van der Waals surface area contributed by atoms with E-state index in [9.17, 15) is 4.79 Å². The third-order valence-corrected chi connectivity index (χ3v) is 4.09. The minimum absolute atomic E-state index is 0.127. The third kappa shape index (κ3) is 3.45. The van der Waals surface area contributed by atoms with Gasteiger partial charge in [-0.3, -0.25) is 4.79 Å². The average molecular weight is 383 g/mol. The summed E-state index contributed by atoms with van der Waals surface area (Å²) < 4.78 is 1.67. The van der Waals surface area contributed by atoms with Gasteiger partial charge >= 0.3 is 0 Å². The maximum atomic E-state index is 12.2. The minimum atomic E-state index is -0.127. The molecule has 2 nitrogen and oxygen atoms in total. The Balaban J connectivity index is 2.28. The zero-order valence-corrected chi connectivity index (χ0v) is 13.8. The molecule has 0 bridgehead atoms. The van der Waals surface area contributed by atoms with E-state index in [1.54, 1.807) is 0 Å². The van der Waals surface area contributed by atoms with Crippen LogP contribution in [0.5, 0.6) is 0 Å². The van der Waals surface area contributed by atoms with Gasteiger partial charge in [-0.15, -0.1) is 0 Å². The number of aryl methyl sites for hydroxylation is 2. The molecule has 0 heterocycles. The van der Waals surface area contributed by atoms with Crippen LogP contribution in [0.25, 0.3) is 0 Å². The van der Waals surface area contributed by atoms with Gasteiger partial charge in [0, 0.05) is 8.95 Å². The number of rotatable bonds is 2. The Hall–Kier alpha value is -1.13. The molecule has 98 valence electrons. The van der Waals surface area contributed by atoms with Crippen LogP contribution in [0.1, 0.15) is 21.5 Å². The number of carbonyl (C=O) groups excluding carboxylic acids is 1. The molecule has 0 aliphatic rings. The summed E-state index contributed by atoms with van der Waals surface area (Å²) >= 11 is 6.86. The fraction of sp³-hybridized carbons (Fsp3) is 0.133. The van der Waals surface area contributed by atoms with Gasteiger partial charge in [-0.25, -0.2) is 0 Å². The van der Waals surface area contributed by atoms with Crippen molar-refractivity contribution in [3.05, 3.63) is 62.0 Å². The van der Waals surface area contributed by atoms with Crippen LogP contribution in [0.4, 0.5) is 5.69 Å². The van der Waals surface area contributed by atoms with E-state index < -0.39 is 0 Å². The number of hydrogen-bond acceptors (Lipinski definition) is 1. The predicted octanol–water partition coefficient (Wildman–Crippen LogP) is 5.08. The van der Waals surface area contributed by atoms with Crippen molar-refractivity contribution >= 4 is 43.5 Å². The molecule has 0 aliphatic carbocycles.